The molecule has 0 aromatic heterocycles. The van der Waals surface area contributed by atoms with Crippen LogP contribution in [0.3, 0.4) is 0 Å². The lowest BCUT2D eigenvalue weighted by Crippen LogP contribution is -2.33. The van der Waals surface area contributed by atoms with Crippen LogP contribution >= 0.6 is 11.8 Å². The molecule has 1 aliphatic rings. The summed E-state index contributed by atoms with van der Waals surface area (Å²) in [6.45, 7) is 2.13. The van der Waals surface area contributed by atoms with Gasteiger partial charge in [0.2, 0.25) is 0 Å². The second kappa shape index (κ2) is 5.05. The Morgan fingerprint density at radius 2 is 2.00 bits per heavy atom. The number of hydrogen-bond acceptors (Lipinski definition) is 2. The van der Waals surface area contributed by atoms with Gasteiger partial charge in [-0.1, -0.05) is 31.5 Å². The van der Waals surface area contributed by atoms with Crippen LogP contribution in [-0.4, -0.2) is 11.5 Å². The molecule has 1 aliphatic carbocycles. The van der Waals surface area contributed by atoms with Gasteiger partial charge in [0, 0.05) is 22.5 Å². The van der Waals surface area contributed by atoms with Gasteiger partial charge in [0.25, 0.3) is 0 Å². The standard InChI is InChI=1S/C14H18OS/c1-14(10-6-5-9-13(14)15)11-16-12-7-3-2-4-8-12/h2-4,7-8H,5-6,9-11H2,1H3. The number of carbonyl (C=O) groups is 1. The van der Waals surface area contributed by atoms with Gasteiger partial charge in [-0.05, 0) is 25.0 Å². The lowest BCUT2D eigenvalue weighted by molar-refractivity contribution is -0.128. The van der Waals surface area contributed by atoms with Gasteiger partial charge in [-0.2, -0.15) is 0 Å². The zero-order valence-corrected chi connectivity index (χ0v) is 10.6. The Labute approximate surface area is 102 Å². The topological polar surface area (TPSA) is 17.1 Å². The Morgan fingerprint density at radius 3 is 2.69 bits per heavy atom. The van der Waals surface area contributed by atoms with Gasteiger partial charge in [-0.15, -0.1) is 11.8 Å². The first kappa shape index (κ1) is 11.7. The van der Waals surface area contributed by atoms with Gasteiger partial charge in [0.1, 0.15) is 5.78 Å². The van der Waals surface area contributed by atoms with E-state index in [0.717, 1.165) is 25.0 Å². The monoisotopic (exact) mass is 234 g/mol. The van der Waals surface area contributed by atoms with Crippen LogP contribution in [0.4, 0.5) is 0 Å². The largest absolute Gasteiger partial charge is 0.299 e. The van der Waals surface area contributed by atoms with Crippen LogP contribution in [0.5, 0.6) is 0 Å². The summed E-state index contributed by atoms with van der Waals surface area (Å²) < 4.78 is 0. The minimum Gasteiger partial charge on any atom is -0.299 e. The number of benzene rings is 1. The van der Waals surface area contributed by atoms with Gasteiger partial charge < -0.3 is 0 Å². The van der Waals surface area contributed by atoms with Crippen LogP contribution in [0.25, 0.3) is 0 Å². The van der Waals surface area contributed by atoms with Crippen molar-refractivity contribution in [2.45, 2.75) is 37.5 Å². The maximum Gasteiger partial charge on any atom is 0.139 e. The fraction of sp³-hybridized carbons (Fsp3) is 0.500. The third-order valence-electron chi connectivity index (χ3n) is 3.36. The first-order chi connectivity index (χ1) is 7.71. The molecule has 1 aromatic carbocycles. The second-order valence-electron chi connectivity index (χ2n) is 4.79. The van der Waals surface area contributed by atoms with Gasteiger partial charge in [0.15, 0.2) is 0 Å². The molecule has 2 heteroatoms. The van der Waals surface area contributed by atoms with E-state index in [4.69, 9.17) is 0 Å². The van der Waals surface area contributed by atoms with Gasteiger partial charge in [-0.25, -0.2) is 0 Å². The molecule has 0 radical (unpaired) electrons. The van der Waals surface area contributed by atoms with Crippen LogP contribution in [0.1, 0.15) is 32.6 Å². The molecule has 1 saturated carbocycles. The molecule has 0 aliphatic heterocycles. The van der Waals surface area contributed by atoms with E-state index < -0.39 is 0 Å². The lowest BCUT2D eigenvalue weighted by atomic mass is 9.76. The van der Waals surface area contributed by atoms with Crippen molar-refractivity contribution in [3.63, 3.8) is 0 Å². The van der Waals surface area contributed by atoms with Crippen molar-refractivity contribution in [3.05, 3.63) is 30.3 Å². The number of thioether (sulfide) groups is 1. The maximum absolute atomic E-state index is 11.9. The molecule has 0 spiro atoms. The molecule has 1 fully saturated rings. The predicted octanol–water partition coefficient (Wildman–Crippen LogP) is 3.93. The first-order valence-corrected chi connectivity index (χ1v) is 6.90. The highest BCUT2D eigenvalue weighted by Crippen LogP contribution is 2.37. The molecule has 0 N–H and O–H groups in total. The lowest BCUT2D eigenvalue weighted by Gasteiger charge is -2.31. The third kappa shape index (κ3) is 2.67. The summed E-state index contributed by atoms with van der Waals surface area (Å²) in [5, 5.41) is 0. The van der Waals surface area contributed by atoms with Crippen molar-refractivity contribution < 1.29 is 4.79 Å². The fourth-order valence-corrected chi connectivity index (χ4v) is 3.29. The number of ketones is 1. The zero-order chi connectivity index (χ0) is 11.4. The molecule has 1 atom stereocenters. The molecule has 0 heterocycles. The van der Waals surface area contributed by atoms with Gasteiger partial charge >= 0.3 is 0 Å². The van der Waals surface area contributed by atoms with Crippen LogP contribution < -0.4 is 0 Å². The molecule has 2 rings (SSSR count). The first-order valence-electron chi connectivity index (χ1n) is 5.92. The van der Waals surface area contributed by atoms with E-state index in [1.807, 2.05) is 30.0 Å². The smallest absolute Gasteiger partial charge is 0.139 e. The van der Waals surface area contributed by atoms with E-state index in [-0.39, 0.29) is 5.41 Å². The number of rotatable bonds is 3. The average Bonchev–Trinajstić information content (AvgIpc) is 2.32. The maximum atomic E-state index is 11.9. The van der Waals surface area contributed by atoms with Crippen LogP contribution in [-0.2, 0) is 4.79 Å². The second-order valence-corrected chi connectivity index (χ2v) is 5.84. The minimum atomic E-state index is -0.0846. The highest BCUT2D eigenvalue weighted by atomic mass is 32.2. The average molecular weight is 234 g/mol. The van der Waals surface area contributed by atoms with Crippen molar-refractivity contribution >= 4 is 17.5 Å². The molecular weight excluding hydrogens is 216 g/mol. The van der Waals surface area contributed by atoms with E-state index in [9.17, 15) is 4.79 Å². The molecule has 1 aromatic rings. The van der Waals surface area contributed by atoms with Gasteiger partial charge in [-0.3, -0.25) is 4.79 Å². The highest BCUT2D eigenvalue weighted by molar-refractivity contribution is 7.99. The summed E-state index contributed by atoms with van der Waals surface area (Å²) in [7, 11) is 0. The molecule has 1 unspecified atom stereocenters. The molecular formula is C14H18OS. The van der Waals surface area contributed by atoms with E-state index in [1.54, 1.807) is 0 Å². The Morgan fingerprint density at radius 1 is 1.25 bits per heavy atom. The summed E-state index contributed by atoms with van der Waals surface area (Å²) in [6.07, 6.45) is 4.14. The number of Topliss-reactive ketones (excluding diaryl/α,β-unsaturated/α-hetero) is 1. The Balaban J connectivity index is 1.96. The molecule has 86 valence electrons. The van der Waals surface area contributed by atoms with E-state index in [1.165, 1.54) is 11.3 Å². The molecule has 0 bridgehead atoms. The molecule has 1 nitrogen and oxygen atoms in total. The van der Waals surface area contributed by atoms with Crippen LogP contribution in [0.15, 0.2) is 35.2 Å². The van der Waals surface area contributed by atoms with E-state index in [2.05, 4.69) is 19.1 Å². The number of carbonyl (C=O) groups excluding carboxylic acids is 1. The van der Waals surface area contributed by atoms with Gasteiger partial charge in [0.05, 0.1) is 0 Å². The summed E-state index contributed by atoms with van der Waals surface area (Å²) in [4.78, 5) is 13.2. The number of hydrogen-bond donors (Lipinski definition) is 0. The van der Waals surface area contributed by atoms with Crippen molar-refractivity contribution in [2.75, 3.05) is 5.75 Å². The zero-order valence-electron chi connectivity index (χ0n) is 9.74. The highest BCUT2D eigenvalue weighted by Gasteiger charge is 2.34. The Hall–Kier alpha value is -0.760. The van der Waals surface area contributed by atoms with E-state index >= 15 is 0 Å². The molecule has 16 heavy (non-hydrogen) atoms. The van der Waals surface area contributed by atoms with Crippen molar-refractivity contribution in [3.8, 4) is 0 Å². The van der Waals surface area contributed by atoms with Crippen molar-refractivity contribution in [1.29, 1.82) is 0 Å². The quantitative estimate of drug-likeness (QED) is 0.737. The van der Waals surface area contributed by atoms with Crippen molar-refractivity contribution in [2.24, 2.45) is 5.41 Å². The summed E-state index contributed by atoms with van der Waals surface area (Å²) in [6, 6.07) is 10.3. The SMILES string of the molecule is CC1(CSc2ccccc2)CCCCC1=O. The predicted molar refractivity (Wildman–Crippen MR) is 68.7 cm³/mol. The Bertz CT molecular complexity index is 360. The minimum absolute atomic E-state index is 0.0846. The van der Waals surface area contributed by atoms with Crippen molar-refractivity contribution in [1.82, 2.24) is 0 Å². The summed E-state index contributed by atoms with van der Waals surface area (Å²) in [5.41, 5.74) is -0.0846. The third-order valence-corrected chi connectivity index (χ3v) is 4.74. The summed E-state index contributed by atoms with van der Waals surface area (Å²) in [5.74, 6) is 1.39. The van der Waals surface area contributed by atoms with E-state index in [0.29, 0.717) is 5.78 Å². The van der Waals surface area contributed by atoms with Crippen LogP contribution in [0, 0.1) is 5.41 Å². The fourth-order valence-electron chi connectivity index (χ4n) is 2.15. The normalized spacial score (nSPS) is 25.7. The molecule has 0 amide bonds. The molecule has 0 saturated heterocycles. The Kier molecular flexibility index (Phi) is 3.70. The van der Waals surface area contributed by atoms with Crippen LogP contribution in [0.2, 0.25) is 0 Å². The summed E-state index contributed by atoms with van der Waals surface area (Å²) >= 11 is 1.81.